The lowest BCUT2D eigenvalue weighted by atomic mass is 10.1. The third-order valence-electron chi connectivity index (χ3n) is 1.54. The number of alkyl halides is 3. The molecule has 0 saturated carbocycles. The summed E-state index contributed by atoms with van der Waals surface area (Å²) in [4.78, 5) is 0. The van der Waals surface area contributed by atoms with Gasteiger partial charge in [-0.2, -0.15) is 18.4 Å². The predicted molar refractivity (Wildman–Crippen MR) is 53.9 cm³/mol. The van der Waals surface area contributed by atoms with E-state index in [2.05, 4.69) is 9.44 Å². The molecule has 1 atom stereocenters. The number of nitrogens with zero attached hydrogens (tertiary/aromatic N) is 2. The maximum absolute atomic E-state index is 11.8. The van der Waals surface area contributed by atoms with Crippen LogP contribution in [0.15, 0.2) is 35.5 Å². The molecule has 1 rings (SSSR count). The van der Waals surface area contributed by atoms with Crippen LogP contribution < -0.4 is 0 Å². The quantitative estimate of drug-likeness (QED) is 0.619. The van der Waals surface area contributed by atoms with Crippen molar-refractivity contribution in [1.82, 2.24) is 0 Å². The van der Waals surface area contributed by atoms with Crippen LogP contribution in [0.1, 0.15) is 5.56 Å². The number of hydrogen-bond acceptors (Lipinski definition) is 4. The Balaban J connectivity index is 2.85. The number of oxime groups is 1. The average Bonchev–Trinajstić information content (AvgIpc) is 2.29. The van der Waals surface area contributed by atoms with Crippen molar-refractivity contribution in [1.29, 1.82) is 5.26 Å². The smallest absolute Gasteiger partial charge is 0.282 e. The Hall–Kier alpha value is -1.88. The molecule has 0 aliphatic carbocycles. The number of rotatable bonds is 3. The summed E-state index contributed by atoms with van der Waals surface area (Å²) in [6, 6.07) is 9.27. The summed E-state index contributed by atoms with van der Waals surface area (Å²) in [6.45, 7) is 0. The lowest BCUT2D eigenvalue weighted by Gasteiger charge is -2.02. The fourth-order valence-electron chi connectivity index (χ4n) is 0.847. The van der Waals surface area contributed by atoms with E-state index >= 15 is 0 Å². The van der Waals surface area contributed by atoms with Gasteiger partial charge in [0, 0.05) is 5.56 Å². The van der Waals surface area contributed by atoms with Crippen molar-refractivity contribution in [2.45, 2.75) is 5.51 Å². The van der Waals surface area contributed by atoms with E-state index in [4.69, 9.17) is 5.26 Å². The van der Waals surface area contributed by atoms with Gasteiger partial charge in [0.25, 0.3) is 0 Å². The standard InChI is InChI=1S/C9H5F3N2O2S/c10-9(11,12)17(15)16-14-8(6-13)7-4-2-1-3-5-7/h1-5H/b14-8+. The summed E-state index contributed by atoms with van der Waals surface area (Å²) in [5.74, 6) is 0. The molecule has 0 spiro atoms. The van der Waals surface area contributed by atoms with Gasteiger partial charge in [-0.3, -0.25) is 4.28 Å². The second-order valence-electron chi connectivity index (χ2n) is 2.67. The number of halogens is 3. The van der Waals surface area contributed by atoms with Gasteiger partial charge >= 0.3 is 16.6 Å². The van der Waals surface area contributed by atoms with Gasteiger partial charge in [0.2, 0.25) is 0 Å². The Morgan fingerprint density at radius 2 is 1.94 bits per heavy atom. The van der Waals surface area contributed by atoms with Crippen LogP contribution in [0.2, 0.25) is 0 Å². The second kappa shape index (κ2) is 5.45. The molecular formula is C9H5F3N2O2S. The van der Waals surface area contributed by atoms with Gasteiger partial charge in [0.05, 0.1) is 0 Å². The van der Waals surface area contributed by atoms with E-state index in [-0.39, 0.29) is 11.3 Å². The molecular weight excluding hydrogens is 257 g/mol. The van der Waals surface area contributed by atoms with E-state index in [0.717, 1.165) is 0 Å². The fourth-order valence-corrected chi connectivity index (χ4v) is 1.07. The largest absolute Gasteiger partial charge is 0.510 e. The summed E-state index contributed by atoms with van der Waals surface area (Å²) >= 11 is -3.57. The normalized spacial score (nSPS) is 13.9. The highest BCUT2D eigenvalue weighted by Crippen LogP contribution is 2.20. The van der Waals surface area contributed by atoms with Crippen LogP contribution in [-0.4, -0.2) is 15.4 Å². The van der Waals surface area contributed by atoms with Gasteiger partial charge < -0.3 is 0 Å². The molecule has 1 aromatic carbocycles. The Kier molecular flexibility index (Phi) is 4.23. The van der Waals surface area contributed by atoms with Crippen LogP contribution in [0.5, 0.6) is 0 Å². The van der Waals surface area contributed by atoms with Gasteiger partial charge in [-0.15, -0.1) is 0 Å². The highest BCUT2D eigenvalue weighted by Gasteiger charge is 2.40. The zero-order valence-corrected chi connectivity index (χ0v) is 8.96. The van der Waals surface area contributed by atoms with Crippen molar-refractivity contribution in [3.05, 3.63) is 35.9 Å². The monoisotopic (exact) mass is 262 g/mol. The molecule has 0 heterocycles. The van der Waals surface area contributed by atoms with E-state index in [1.807, 2.05) is 0 Å². The molecule has 0 N–H and O–H groups in total. The molecule has 4 nitrogen and oxygen atoms in total. The molecule has 0 aromatic heterocycles. The SMILES string of the molecule is N#C/C(=N\OS(=O)C(F)(F)F)c1ccccc1. The van der Waals surface area contributed by atoms with Crippen LogP contribution in [0.3, 0.4) is 0 Å². The van der Waals surface area contributed by atoms with Crippen LogP contribution in [0.25, 0.3) is 0 Å². The van der Waals surface area contributed by atoms with Gasteiger partial charge in [-0.25, -0.2) is 4.21 Å². The summed E-state index contributed by atoms with van der Waals surface area (Å²) in [7, 11) is 0. The van der Waals surface area contributed by atoms with Gasteiger partial charge in [-0.05, 0) is 0 Å². The Bertz CT molecular complexity index is 479. The zero-order valence-electron chi connectivity index (χ0n) is 8.14. The lowest BCUT2D eigenvalue weighted by Crippen LogP contribution is -2.17. The first kappa shape index (κ1) is 13.2. The first-order valence-electron chi connectivity index (χ1n) is 4.14. The van der Waals surface area contributed by atoms with E-state index < -0.39 is 16.6 Å². The van der Waals surface area contributed by atoms with Crippen molar-refractivity contribution in [2.75, 3.05) is 0 Å². The Labute approximate surface area is 97.0 Å². The van der Waals surface area contributed by atoms with Gasteiger partial charge in [0.1, 0.15) is 6.07 Å². The number of nitriles is 1. The molecule has 1 unspecified atom stereocenters. The summed E-state index contributed by atoms with van der Waals surface area (Å²) in [5, 5.41) is 11.6. The number of benzene rings is 1. The van der Waals surface area contributed by atoms with Crippen molar-refractivity contribution in [2.24, 2.45) is 5.16 Å². The molecule has 1 aromatic rings. The van der Waals surface area contributed by atoms with Crippen LogP contribution in [0, 0.1) is 11.3 Å². The molecule has 0 bridgehead atoms. The topological polar surface area (TPSA) is 62.4 Å². The molecule has 0 fully saturated rings. The van der Waals surface area contributed by atoms with Crippen LogP contribution >= 0.6 is 0 Å². The second-order valence-corrected chi connectivity index (χ2v) is 3.75. The lowest BCUT2D eigenvalue weighted by molar-refractivity contribution is -0.0471. The molecule has 0 saturated heterocycles. The first-order valence-corrected chi connectivity index (χ1v) is 5.22. The molecule has 90 valence electrons. The Morgan fingerprint density at radius 1 is 1.35 bits per heavy atom. The highest BCUT2D eigenvalue weighted by atomic mass is 32.2. The molecule has 8 heteroatoms. The van der Waals surface area contributed by atoms with Crippen LogP contribution in [-0.2, 0) is 15.4 Å². The van der Waals surface area contributed by atoms with Crippen LogP contribution in [0.4, 0.5) is 13.2 Å². The van der Waals surface area contributed by atoms with E-state index in [1.165, 1.54) is 12.1 Å². The minimum Gasteiger partial charge on any atom is -0.282 e. The highest BCUT2D eigenvalue weighted by molar-refractivity contribution is 7.81. The maximum Gasteiger partial charge on any atom is 0.510 e. The van der Waals surface area contributed by atoms with Crippen molar-refractivity contribution < 1.29 is 21.7 Å². The minimum absolute atomic E-state index is 0.272. The van der Waals surface area contributed by atoms with Gasteiger partial charge in [0.15, 0.2) is 5.71 Å². The average molecular weight is 262 g/mol. The van der Waals surface area contributed by atoms with E-state index in [1.54, 1.807) is 24.3 Å². The molecule has 0 aliphatic rings. The van der Waals surface area contributed by atoms with E-state index in [0.29, 0.717) is 0 Å². The summed E-state index contributed by atoms with van der Waals surface area (Å²) in [6.07, 6.45) is 0. The first-order chi connectivity index (χ1) is 7.95. The number of hydrogen-bond donors (Lipinski definition) is 0. The predicted octanol–water partition coefficient (Wildman–Crippen LogP) is 2.11. The fraction of sp³-hybridized carbons (Fsp3) is 0.111. The van der Waals surface area contributed by atoms with Crippen molar-refractivity contribution >= 4 is 16.8 Å². The Morgan fingerprint density at radius 3 is 2.41 bits per heavy atom. The molecule has 0 amide bonds. The van der Waals surface area contributed by atoms with Crippen molar-refractivity contribution in [3.8, 4) is 6.07 Å². The minimum atomic E-state index is -5.03. The van der Waals surface area contributed by atoms with Gasteiger partial charge in [-0.1, -0.05) is 35.5 Å². The van der Waals surface area contributed by atoms with E-state index in [9.17, 15) is 17.4 Å². The third kappa shape index (κ3) is 3.88. The summed E-state index contributed by atoms with van der Waals surface area (Å²) in [5.41, 5.74) is -5.14. The van der Waals surface area contributed by atoms with Crippen molar-refractivity contribution in [3.63, 3.8) is 0 Å². The molecule has 17 heavy (non-hydrogen) atoms. The molecule has 0 radical (unpaired) electrons. The third-order valence-corrected chi connectivity index (χ3v) is 2.13. The summed E-state index contributed by atoms with van der Waals surface area (Å²) < 4.78 is 49.7. The zero-order chi connectivity index (χ0) is 12.9. The molecule has 0 aliphatic heterocycles. The maximum atomic E-state index is 11.8.